The summed E-state index contributed by atoms with van der Waals surface area (Å²) in [7, 11) is -9.66. The first-order chi connectivity index (χ1) is 25.2. The standard InChI is InChI=1S/C33H30N12O6S2/c1-19-6-5-9-23(16-19)37-31-41-29(35)43-33(45-31)39-25-15-13-21(27(18-25)53(49,50)51)11-10-20-12-14-24(17-26(20)52(46,47)48)38-32-42-28(34)40-30(44-32)36-22-7-3-2-4-8-22/h2-18H,1H3,(H,46,47,48)(H,49,50,51)(H4,34,36,38,40,42,44)(H4,35,37,39,41,43,45)/b11-10+. The lowest BCUT2D eigenvalue weighted by atomic mass is 10.1. The van der Waals surface area contributed by atoms with Crippen LogP contribution in [0.25, 0.3) is 12.2 Å². The Morgan fingerprint density at radius 1 is 0.509 bits per heavy atom. The summed E-state index contributed by atoms with van der Waals surface area (Å²) in [5.74, 6) is 0. The van der Waals surface area contributed by atoms with Crippen molar-refractivity contribution in [2.45, 2.75) is 16.7 Å². The first-order valence-electron chi connectivity index (χ1n) is 15.3. The van der Waals surface area contributed by atoms with Crippen LogP contribution in [0.3, 0.4) is 0 Å². The largest absolute Gasteiger partial charge is 0.296 e. The molecule has 6 aromatic rings. The minimum atomic E-state index is -4.83. The molecule has 0 radical (unpaired) electrons. The van der Waals surface area contributed by atoms with Crippen molar-refractivity contribution < 1.29 is 25.9 Å². The minimum absolute atomic E-state index is 0.0328. The molecule has 0 bridgehead atoms. The third-order valence-electron chi connectivity index (χ3n) is 7.16. The van der Waals surface area contributed by atoms with E-state index >= 15 is 0 Å². The summed E-state index contributed by atoms with van der Waals surface area (Å²) < 4.78 is 69.9. The minimum Gasteiger partial charge on any atom is -0.296 e. The molecule has 4 aromatic carbocycles. The molecule has 270 valence electrons. The lowest BCUT2D eigenvalue weighted by Gasteiger charge is -2.07. The summed E-state index contributed by atoms with van der Waals surface area (Å²) in [4.78, 5) is 32.8. The predicted molar refractivity (Wildman–Crippen MR) is 191 cm³/mol. The van der Waals surface area contributed by atoms with Crippen LogP contribution in [-0.2, 0) is 20.2 Å². The second-order valence-electron chi connectivity index (χ2n) is 11.2. The molecule has 2 heterocycles. The Morgan fingerprint density at radius 2 is 0.906 bits per heavy atom. The van der Waals surface area contributed by atoms with Crippen LogP contribution < -0.4 is 33.7 Å². The lowest BCUT2D eigenvalue weighted by molar-refractivity contribution is 0.480. The molecular weight excluding hydrogens is 725 g/mol. The summed E-state index contributed by atoms with van der Waals surface area (Å²) in [5.41, 5.74) is 2.39. The number of hydrogen-bond acceptors (Lipinski definition) is 10. The van der Waals surface area contributed by atoms with E-state index in [0.717, 1.165) is 17.7 Å². The molecular formula is C33H30N12O6S2. The van der Waals surface area contributed by atoms with E-state index in [9.17, 15) is 25.9 Å². The van der Waals surface area contributed by atoms with E-state index in [1.807, 2.05) is 31.2 Å². The molecule has 20 heteroatoms. The van der Waals surface area contributed by atoms with E-state index < -0.39 is 30.0 Å². The van der Waals surface area contributed by atoms with Gasteiger partial charge < -0.3 is 0 Å². The molecule has 0 saturated heterocycles. The van der Waals surface area contributed by atoms with Crippen LogP contribution in [0, 0.1) is 17.7 Å². The van der Waals surface area contributed by atoms with Gasteiger partial charge in [-0.15, -0.1) is 0 Å². The fourth-order valence-electron chi connectivity index (χ4n) is 4.91. The van der Waals surface area contributed by atoms with Gasteiger partial charge >= 0.3 is 0 Å². The SMILES string of the molecule is Cc1cccc(N=c2[nH]c(=N)[nH]c(=Nc3ccc(/C=C/c4ccc(N=c5[nH]c(=N)[nH]c(=Nc6ccccc6)[nH]5)cc4S(=O)(=O)O)c(S(=O)(=O)O)c3)[nH]2)c1. The third kappa shape index (κ3) is 9.53. The number of aromatic nitrogens is 6. The zero-order valence-electron chi connectivity index (χ0n) is 27.4. The monoisotopic (exact) mass is 754 g/mol. The quantitative estimate of drug-likeness (QED) is 0.0822. The summed E-state index contributed by atoms with van der Waals surface area (Å²) in [6, 6.07) is 24.0. The van der Waals surface area contributed by atoms with Gasteiger partial charge in [-0.3, -0.25) is 49.8 Å². The van der Waals surface area contributed by atoms with Crippen molar-refractivity contribution in [3.05, 3.63) is 141 Å². The first kappa shape index (κ1) is 36.1. The Kier molecular flexibility index (Phi) is 10.1. The highest BCUT2D eigenvalue weighted by Crippen LogP contribution is 2.27. The van der Waals surface area contributed by atoms with Gasteiger partial charge in [0.25, 0.3) is 20.2 Å². The Labute approximate surface area is 299 Å². The van der Waals surface area contributed by atoms with Crippen molar-refractivity contribution in [3.8, 4) is 0 Å². The van der Waals surface area contributed by atoms with Crippen LogP contribution in [-0.4, -0.2) is 55.8 Å². The van der Waals surface area contributed by atoms with Gasteiger partial charge in [-0.1, -0.05) is 54.6 Å². The molecule has 10 N–H and O–H groups in total. The number of H-pyrrole nitrogens is 6. The molecule has 0 aliphatic carbocycles. The van der Waals surface area contributed by atoms with Crippen molar-refractivity contribution >= 4 is 55.1 Å². The van der Waals surface area contributed by atoms with E-state index in [0.29, 0.717) is 11.4 Å². The van der Waals surface area contributed by atoms with Crippen LogP contribution in [0.15, 0.2) is 121 Å². The number of aryl methyl sites for hydroxylation is 1. The molecule has 0 aliphatic heterocycles. The Morgan fingerprint density at radius 3 is 1.32 bits per heavy atom. The molecule has 0 spiro atoms. The van der Waals surface area contributed by atoms with Crippen LogP contribution >= 0.6 is 0 Å². The van der Waals surface area contributed by atoms with E-state index in [1.165, 1.54) is 36.4 Å². The number of para-hydroxylation sites is 1. The molecule has 0 fully saturated rings. The molecule has 0 unspecified atom stereocenters. The van der Waals surface area contributed by atoms with Crippen molar-refractivity contribution in [3.63, 3.8) is 0 Å². The van der Waals surface area contributed by atoms with Gasteiger partial charge in [-0.05, 0) is 72.1 Å². The second kappa shape index (κ2) is 14.9. The molecule has 0 amide bonds. The van der Waals surface area contributed by atoms with Crippen LogP contribution in [0.1, 0.15) is 16.7 Å². The lowest BCUT2D eigenvalue weighted by Crippen LogP contribution is -2.36. The Balaban J connectivity index is 1.36. The fourth-order valence-corrected chi connectivity index (χ4v) is 6.32. The number of nitrogens with zero attached hydrogens (tertiary/aromatic N) is 4. The summed E-state index contributed by atoms with van der Waals surface area (Å²) in [5, 5.41) is 16.1. The van der Waals surface area contributed by atoms with Crippen molar-refractivity contribution in [2.24, 2.45) is 20.0 Å². The number of nitrogens with one attached hydrogen (secondary N) is 8. The van der Waals surface area contributed by atoms with Gasteiger partial charge in [0.2, 0.25) is 33.7 Å². The number of aromatic amines is 6. The molecule has 2 aromatic heterocycles. The van der Waals surface area contributed by atoms with Gasteiger partial charge in [0.05, 0.1) is 22.7 Å². The van der Waals surface area contributed by atoms with E-state index in [-0.39, 0.29) is 56.2 Å². The Bertz CT molecular complexity index is 3030. The maximum atomic E-state index is 12.4. The van der Waals surface area contributed by atoms with E-state index in [1.54, 1.807) is 30.3 Å². The fraction of sp³-hybridized carbons (Fsp3) is 0.0303. The molecule has 6 rings (SSSR count). The highest BCUT2D eigenvalue weighted by Gasteiger charge is 2.17. The third-order valence-corrected chi connectivity index (χ3v) is 8.98. The second-order valence-corrected chi connectivity index (χ2v) is 14.0. The van der Waals surface area contributed by atoms with Gasteiger partial charge in [-0.25, -0.2) is 20.0 Å². The van der Waals surface area contributed by atoms with E-state index in [2.05, 4.69) is 49.9 Å². The van der Waals surface area contributed by atoms with Gasteiger partial charge in [0, 0.05) is 0 Å². The normalized spacial score (nSPS) is 13.6. The summed E-state index contributed by atoms with van der Waals surface area (Å²) in [6.07, 6.45) is 2.48. The summed E-state index contributed by atoms with van der Waals surface area (Å²) >= 11 is 0. The average Bonchev–Trinajstić information content (AvgIpc) is 3.07. The van der Waals surface area contributed by atoms with Crippen molar-refractivity contribution in [1.82, 2.24) is 29.9 Å². The number of benzene rings is 4. The Hall–Kier alpha value is -6.74. The number of rotatable bonds is 8. The predicted octanol–water partition coefficient (Wildman–Crippen LogP) is 2.52. The molecule has 53 heavy (non-hydrogen) atoms. The van der Waals surface area contributed by atoms with Crippen molar-refractivity contribution in [2.75, 3.05) is 0 Å². The van der Waals surface area contributed by atoms with Crippen LogP contribution in [0.5, 0.6) is 0 Å². The van der Waals surface area contributed by atoms with Crippen LogP contribution in [0.2, 0.25) is 0 Å². The molecule has 18 nitrogen and oxygen atoms in total. The zero-order chi connectivity index (χ0) is 37.8. The molecule has 0 atom stereocenters. The van der Waals surface area contributed by atoms with Crippen molar-refractivity contribution in [1.29, 1.82) is 10.8 Å². The smallest absolute Gasteiger partial charge is 0.295 e. The highest BCUT2D eigenvalue weighted by atomic mass is 32.2. The first-order valence-corrected chi connectivity index (χ1v) is 18.2. The van der Waals surface area contributed by atoms with E-state index in [4.69, 9.17) is 10.8 Å². The number of hydrogen-bond donors (Lipinski definition) is 10. The molecule has 0 aliphatic rings. The highest BCUT2D eigenvalue weighted by molar-refractivity contribution is 7.86. The van der Waals surface area contributed by atoms with Gasteiger partial charge in [-0.2, -0.15) is 16.8 Å². The molecule has 0 saturated carbocycles. The maximum Gasteiger partial charge on any atom is 0.295 e. The van der Waals surface area contributed by atoms with Gasteiger partial charge in [0.15, 0.2) is 0 Å². The zero-order valence-corrected chi connectivity index (χ0v) is 29.1. The van der Waals surface area contributed by atoms with Gasteiger partial charge in [0.1, 0.15) is 9.79 Å². The summed E-state index contributed by atoms with van der Waals surface area (Å²) in [6.45, 7) is 1.91. The topological polar surface area (TPSA) is 301 Å². The van der Waals surface area contributed by atoms with Crippen LogP contribution in [0.4, 0.5) is 22.7 Å². The average molecular weight is 755 g/mol. The maximum absolute atomic E-state index is 12.4.